The summed E-state index contributed by atoms with van der Waals surface area (Å²) < 4.78 is 0. The number of nitrogens with zero attached hydrogens (tertiary/aromatic N) is 3. The molecule has 0 atom stereocenters. The quantitative estimate of drug-likeness (QED) is 0.605. The fourth-order valence-electron chi connectivity index (χ4n) is 2.08. The van der Waals surface area contributed by atoms with Crippen molar-refractivity contribution >= 4 is 35.1 Å². The number of rotatable bonds is 6. The van der Waals surface area contributed by atoms with Crippen LogP contribution in [0.1, 0.15) is 17.0 Å². The van der Waals surface area contributed by atoms with E-state index in [-0.39, 0.29) is 0 Å². The van der Waals surface area contributed by atoms with Crippen LogP contribution in [0.3, 0.4) is 0 Å². The predicted octanol–water partition coefficient (Wildman–Crippen LogP) is 5.21. The van der Waals surface area contributed by atoms with E-state index < -0.39 is 0 Å². The molecule has 0 saturated carbocycles. The van der Waals surface area contributed by atoms with Crippen molar-refractivity contribution in [3.05, 3.63) is 82.8 Å². The zero-order valence-corrected chi connectivity index (χ0v) is 15.3. The summed E-state index contributed by atoms with van der Waals surface area (Å²) in [7, 11) is 0. The Kier molecular flexibility index (Phi) is 6.04. The van der Waals surface area contributed by atoms with Crippen LogP contribution >= 0.6 is 23.4 Å². The third-order valence-corrected chi connectivity index (χ3v) is 4.58. The molecule has 0 radical (unpaired) electrons. The van der Waals surface area contributed by atoms with Crippen molar-refractivity contribution < 1.29 is 0 Å². The summed E-state index contributed by atoms with van der Waals surface area (Å²) in [6.45, 7) is 1.90. The molecule has 0 aliphatic heterocycles. The van der Waals surface area contributed by atoms with Gasteiger partial charge in [0.05, 0.1) is 11.4 Å². The number of anilines is 1. The molecule has 0 saturated heterocycles. The molecule has 2 aromatic carbocycles. The van der Waals surface area contributed by atoms with E-state index in [9.17, 15) is 0 Å². The fourth-order valence-corrected chi connectivity index (χ4v) is 2.96. The minimum absolute atomic E-state index is 0.667. The number of hydrogen-bond acceptors (Lipinski definition) is 5. The highest BCUT2D eigenvalue weighted by atomic mass is 35.5. The molecule has 6 heteroatoms. The van der Waals surface area contributed by atoms with Gasteiger partial charge in [-0.15, -0.1) is 5.10 Å². The molecule has 0 aliphatic rings. The summed E-state index contributed by atoms with van der Waals surface area (Å²) in [5.41, 5.74) is 3.78. The van der Waals surface area contributed by atoms with Crippen LogP contribution in [-0.2, 0) is 5.75 Å². The van der Waals surface area contributed by atoms with Gasteiger partial charge in [0.15, 0.2) is 0 Å². The lowest BCUT2D eigenvalue weighted by molar-refractivity contribution is 0.806. The Labute approximate surface area is 156 Å². The van der Waals surface area contributed by atoms with Crippen molar-refractivity contribution in [2.24, 2.45) is 0 Å². The Morgan fingerprint density at radius 2 is 1.80 bits per heavy atom. The standard InChI is InChI=1S/C19H17ClN4S/c1-14-18(11-12-21-17-9-7-16(20)8-10-17)22-19(24-23-14)25-13-15-5-3-2-4-6-15/h2-12,21H,13H2,1H3. The summed E-state index contributed by atoms with van der Waals surface area (Å²) in [4.78, 5) is 4.57. The lowest BCUT2D eigenvalue weighted by Gasteiger charge is -2.04. The number of nitrogens with one attached hydrogen (secondary N) is 1. The molecule has 0 unspecified atom stereocenters. The van der Waals surface area contributed by atoms with E-state index >= 15 is 0 Å². The number of aryl methyl sites for hydroxylation is 1. The normalized spacial score (nSPS) is 11.0. The molecule has 3 rings (SSSR count). The topological polar surface area (TPSA) is 50.7 Å². The van der Waals surface area contributed by atoms with E-state index in [4.69, 9.17) is 11.6 Å². The first-order valence-electron chi connectivity index (χ1n) is 7.77. The number of aromatic nitrogens is 3. The Bertz CT molecular complexity index is 851. The van der Waals surface area contributed by atoms with E-state index in [1.807, 2.05) is 61.7 Å². The van der Waals surface area contributed by atoms with Crippen molar-refractivity contribution in [1.29, 1.82) is 0 Å². The monoisotopic (exact) mass is 368 g/mol. The van der Waals surface area contributed by atoms with Gasteiger partial charge in [-0.2, -0.15) is 5.10 Å². The van der Waals surface area contributed by atoms with Gasteiger partial charge in [-0.3, -0.25) is 0 Å². The first kappa shape index (κ1) is 17.5. The summed E-state index contributed by atoms with van der Waals surface area (Å²) in [6.07, 6.45) is 3.73. The van der Waals surface area contributed by atoms with Gasteiger partial charge < -0.3 is 5.32 Å². The molecule has 1 heterocycles. The summed E-state index contributed by atoms with van der Waals surface area (Å²) >= 11 is 7.45. The van der Waals surface area contributed by atoms with Gasteiger partial charge in [0, 0.05) is 22.7 Å². The van der Waals surface area contributed by atoms with Gasteiger partial charge in [-0.1, -0.05) is 53.7 Å². The lowest BCUT2D eigenvalue weighted by atomic mass is 10.2. The predicted molar refractivity (Wildman–Crippen MR) is 105 cm³/mol. The second-order valence-corrected chi connectivity index (χ2v) is 6.70. The highest BCUT2D eigenvalue weighted by Crippen LogP contribution is 2.19. The Morgan fingerprint density at radius 3 is 2.56 bits per heavy atom. The Morgan fingerprint density at radius 1 is 1.04 bits per heavy atom. The van der Waals surface area contributed by atoms with Crippen LogP contribution < -0.4 is 5.32 Å². The fraction of sp³-hybridized carbons (Fsp3) is 0.105. The van der Waals surface area contributed by atoms with Crippen LogP contribution in [-0.4, -0.2) is 15.2 Å². The molecule has 0 fully saturated rings. The van der Waals surface area contributed by atoms with Gasteiger partial charge in [0.2, 0.25) is 5.16 Å². The molecule has 0 spiro atoms. The Balaban J connectivity index is 1.64. The van der Waals surface area contributed by atoms with Crippen molar-refractivity contribution in [2.45, 2.75) is 17.8 Å². The average Bonchev–Trinajstić information content (AvgIpc) is 2.64. The molecule has 4 nitrogen and oxygen atoms in total. The zero-order valence-electron chi connectivity index (χ0n) is 13.7. The molecule has 0 aliphatic carbocycles. The summed E-state index contributed by atoms with van der Waals surface area (Å²) in [5, 5.41) is 12.9. The van der Waals surface area contributed by atoms with Crippen molar-refractivity contribution in [3.63, 3.8) is 0 Å². The molecule has 1 N–H and O–H groups in total. The van der Waals surface area contributed by atoms with Crippen LogP contribution in [0.5, 0.6) is 0 Å². The maximum atomic E-state index is 5.88. The second kappa shape index (κ2) is 8.65. The highest BCUT2D eigenvalue weighted by molar-refractivity contribution is 7.98. The minimum Gasteiger partial charge on any atom is -0.362 e. The smallest absolute Gasteiger partial charge is 0.209 e. The minimum atomic E-state index is 0.667. The van der Waals surface area contributed by atoms with E-state index in [1.54, 1.807) is 11.8 Å². The molecule has 3 aromatic rings. The Hall–Kier alpha value is -2.37. The van der Waals surface area contributed by atoms with Crippen molar-refractivity contribution in [3.8, 4) is 0 Å². The van der Waals surface area contributed by atoms with Crippen LogP contribution in [0.2, 0.25) is 5.02 Å². The first-order valence-corrected chi connectivity index (χ1v) is 9.14. The summed E-state index contributed by atoms with van der Waals surface area (Å²) in [5.74, 6) is 0.817. The van der Waals surface area contributed by atoms with Crippen LogP contribution in [0.15, 0.2) is 66.0 Å². The average molecular weight is 369 g/mol. The second-order valence-electron chi connectivity index (χ2n) is 5.32. The van der Waals surface area contributed by atoms with E-state index in [0.29, 0.717) is 10.2 Å². The molecular weight excluding hydrogens is 352 g/mol. The van der Waals surface area contributed by atoms with Crippen LogP contribution in [0.25, 0.3) is 6.08 Å². The highest BCUT2D eigenvalue weighted by Gasteiger charge is 2.04. The SMILES string of the molecule is Cc1nnc(SCc2ccccc2)nc1C=CNc1ccc(Cl)cc1. The van der Waals surface area contributed by atoms with E-state index in [2.05, 4.69) is 32.6 Å². The number of benzene rings is 2. The maximum absolute atomic E-state index is 5.88. The third kappa shape index (κ3) is 5.31. The molecule has 126 valence electrons. The molecule has 0 bridgehead atoms. The van der Waals surface area contributed by atoms with E-state index in [0.717, 1.165) is 22.8 Å². The summed E-state index contributed by atoms with van der Waals surface area (Å²) in [6, 6.07) is 17.8. The van der Waals surface area contributed by atoms with Gasteiger partial charge >= 0.3 is 0 Å². The van der Waals surface area contributed by atoms with Crippen molar-refractivity contribution in [1.82, 2.24) is 15.2 Å². The van der Waals surface area contributed by atoms with Gasteiger partial charge in [0.25, 0.3) is 0 Å². The van der Waals surface area contributed by atoms with Crippen molar-refractivity contribution in [2.75, 3.05) is 5.32 Å². The molecule has 25 heavy (non-hydrogen) atoms. The number of thioether (sulfide) groups is 1. The van der Waals surface area contributed by atoms with Gasteiger partial charge in [-0.05, 0) is 42.8 Å². The van der Waals surface area contributed by atoms with Gasteiger partial charge in [-0.25, -0.2) is 4.98 Å². The number of hydrogen-bond donors (Lipinski definition) is 1. The maximum Gasteiger partial charge on any atom is 0.209 e. The zero-order chi connectivity index (χ0) is 17.5. The van der Waals surface area contributed by atoms with E-state index in [1.165, 1.54) is 5.56 Å². The molecule has 0 amide bonds. The molecular formula is C19H17ClN4S. The van der Waals surface area contributed by atoms with Crippen LogP contribution in [0.4, 0.5) is 5.69 Å². The lowest BCUT2D eigenvalue weighted by Crippen LogP contribution is -1.99. The third-order valence-electron chi connectivity index (χ3n) is 3.42. The van der Waals surface area contributed by atoms with Gasteiger partial charge in [0.1, 0.15) is 0 Å². The molecule has 1 aromatic heterocycles. The first-order chi connectivity index (χ1) is 12.2. The van der Waals surface area contributed by atoms with Crippen LogP contribution in [0, 0.1) is 6.92 Å². The largest absolute Gasteiger partial charge is 0.362 e. The number of halogens is 1.